The van der Waals surface area contributed by atoms with E-state index < -0.39 is 11.0 Å². The first-order valence-electron chi connectivity index (χ1n) is 10.1. The number of ether oxygens (including phenoxy) is 2. The van der Waals surface area contributed by atoms with Gasteiger partial charge in [0, 0.05) is 5.02 Å². The zero-order valence-corrected chi connectivity index (χ0v) is 19.6. The minimum absolute atomic E-state index is 0.140. The van der Waals surface area contributed by atoms with Crippen LogP contribution in [0.5, 0.6) is 0 Å². The molecule has 0 N–H and O–H groups in total. The minimum atomic E-state index is -1.01. The summed E-state index contributed by atoms with van der Waals surface area (Å²) in [6.45, 7) is 13.0. The van der Waals surface area contributed by atoms with E-state index >= 15 is 0 Å². The number of hydrogen-bond acceptors (Lipinski definition) is 4. The Bertz CT molecular complexity index is 904. The van der Waals surface area contributed by atoms with Gasteiger partial charge in [0.15, 0.2) is 0 Å². The third-order valence-corrected chi connectivity index (χ3v) is 6.11. The smallest absolute Gasteiger partial charge is 0.315 e. The standard InChI is InChI=1S/C25H31ClO4/c1-8-29-23(28)24(4,5)25(6,7)30-22(27)15-21-16(2)13-19(14-17(21)3)18-9-11-20(26)12-10-18/h9-14H,8,15H2,1-7H3. The fourth-order valence-corrected chi connectivity index (χ4v) is 3.36. The van der Waals surface area contributed by atoms with Crippen molar-refractivity contribution in [1.82, 2.24) is 0 Å². The Morgan fingerprint density at radius 2 is 1.47 bits per heavy atom. The lowest BCUT2D eigenvalue weighted by Crippen LogP contribution is -2.49. The second-order valence-electron chi connectivity index (χ2n) is 8.60. The number of hydrogen-bond donors (Lipinski definition) is 0. The Morgan fingerprint density at radius 3 is 1.97 bits per heavy atom. The molecule has 2 aromatic rings. The van der Waals surface area contributed by atoms with Crippen LogP contribution in [-0.2, 0) is 25.5 Å². The van der Waals surface area contributed by atoms with Gasteiger partial charge in [-0.1, -0.05) is 35.9 Å². The van der Waals surface area contributed by atoms with Gasteiger partial charge in [-0.05, 0) is 88.4 Å². The molecular weight excluding hydrogens is 400 g/mol. The van der Waals surface area contributed by atoms with Gasteiger partial charge in [-0.15, -0.1) is 0 Å². The molecule has 0 heterocycles. The summed E-state index contributed by atoms with van der Waals surface area (Å²) in [7, 11) is 0. The van der Waals surface area contributed by atoms with E-state index in [2.05, 4.69) is 12.1 Å². The quantitative estimate of drug-likeness (QED) is 0.499. The van der Waals surface area contributed by atoms with Crippen LogP contribution in [0.15, 0.2) is 36.4 Å². The summed E-state index contributed by atoms with van der Waals surface area (Å²) in [5.41, 5.74) is 3.11. The van der Waals surface area contributed by atoms with Crippen molar-refractivity contribution >= 4 is 23.5 Å². The lowest BCUT2D eigenvalue weighted by atomic mass is 9.77. The molecule has 0 fully saturated rings. The maximum absolute atomic E-state index is 12.8. The Morgan fingerprint density at radius 1 is 0.933 bits per heavy atom. The van der Waals surface area contributed by atoms with Gasteiger partial charge in [0.2, 0.25) is 0 Å². The van der Waals surface area contributed by atoms with Crippen LogP contribution >= 0.6 is 11.6 Å². The molecule has 0 saturated carbocycles. The molecule has 162 valence electrons. The molecule has 4 nitrogen and oxygen atoms in total. The van der Waals surface area contributed by atoms with Crippen LogP contribution in [0.3, 0.4) is 0 Å². The molecule has 0 aliphatic heterocycles. The van der Waals surface area contributed by atoms with E-state index in [4.69, 9.17) is 21.1 Å². The van der Waals surface area contributed by atoms with Crippen LogP contribution in [0.2, 0.25) is 5.02 Å². The Balaban J connectivity index is 2.20. The van der Waals surface area contributed by atoms with E-state index in [-0.39, 0.29) is 25.0 Å². The van der Waals surface area contributed by atoms with E-state index in [1.807, 2.05) is 38.1 Å². The number of carbonyl (C=O) groups is 2. The van der Waals surface area contributed by atoms with Gasteiger partial charge in [-0.2, -0.15) is 0 Å². The molecule has 30 heavy (non-hydrogen) atoms. The predicted molar refractivity (Wildman–Crippen MR) is 121 cm³/mol. The van der Waals surface area contributed by atoms with Crippen molar-refractivity contribution in [3.05, 3.63) is 58.1 Å². The normalized spacial score (nSPS) is 11.9. The first-order chi connectivity index (χ1) is 13.9. The highest BCUT2D eigenvalue weighted by atomic mass is 35.5. The van der Waals surface area contributed by atoms with Crippen molar-refractivity contribution in [2.45, 2.75) is 60.5 Å². The maximum atomic E-state index is 12.8. The van der Waals surface area contributed by atoms with E-state index in [0.29, 0.717) is 5.02 Å². The zero-order chi connectivity index (χ0) is 22.7. The van der Waals surface area contributed by atoms with Crippen molar-refractivity contribution < 1.29 is 19.1 Å². The summed E-state index contributed by atoms with van der Waals surface area (Å²) in [5.74, 6) is -0.759. The Labute approximate surface area is 184 Å². The SMILES string of the molecule is CCOC(=O)C(C)(C)C(C)(C)OC(=O)Cc1c(C)cc(-c2ccc(Cl)cc2)cc1C. The molecule has 0 bridgehead atoms. The number of aryl methyl sites for hydroxylation is 2. The molecule has 0 aromatic heterocycles. The highest BCUT2D eigenvalue weighted by molar-refractivity contribution is 6.30. The molecule has 0 radical (unpaired) electrons. The fraction of sp³-hybridized carbons (Fsp3) is 0.440. The summed E-state index contributed by atoms with van der Waals surface area (Å²) in [4.78, 5) is 25.1. The van der Waals surface area contributed by atoms with Crippen molar-refractivity contribution in [3.8, 4) is 11.1 Å². The molecule has 2 rings (SSSR count). The summed E-state index contributed by atoms with van der Waals surface area (Å²) >= 11 is 5.99. The van der Waals surface area contributed by atoms with E-state index in [9.17, 15) is 9.59 Å². The van der Waals surface area contributed by atoms with Crippen LogP contribution in [0.1, 0.15) is 51.3 Å². The van der Waals surface area contributed by atoms with Gasteiger partial charge in [0.1, 0.15) is 11.0 Å². The number of carbonyl (C=O) groups excluding carboxylic acids is 2. The average molecular weight is 431 g/mol. The Hall–Kier alpha value is -2.33. The molecule has 0 spiro atoms. The minimum Gasteiger partial charge on any atom is -0.465 e. The number of rotatable bonds is 7. The predicted octanol–water partition coefficient (Wildman–Crippen LogP) is 6.08. The number of esters is 2. The van der Waals surface area contributed by atoms with Crippen molar-refractivity contribution in [3.63, 3.8) is 0 Å². The summed E-state index contributed by atoms with van der Waals surface area (Å²) in [6, 6.07) is 11.8. The monoisotopic (exact) mass is 430 g/mol. The summed E-state index contributed by atoms with van der Waals surface area (Å²) in [6.07, 6.45) is 0.140. The third-order valence-electron chi connectivity index (χ3n) is 5.85. The maximum Gasteiger partial charge on any atom is 0.315 e. The summed E-state index contributed by atoms with van der Waals surface area (Å²) in [5, 5.41) is 0.694. The van der Waals surface area contributed by atoms with Gasteiger partial charge >= 0.3 is 11.9 Å². The van der Waals surface area contributed by atoms with Crippen molar-refractivity contribution in [2.75, 3.05) is 6.61 Å². The van der Waals surface area contributed by atoms with Gasteiger partial charge in [0.25, 0.3) is 0 Å². The van der Waals surface area contributed by atoms with Crippen LogP contribution in [0, 0.1) is 19.3 Å². The molecular formula is C25H31ClO4. The lowest BCUT2D eigenvalue weighted by Gasteiger charge is -2.38. The van der Waals surface area contributed by atoms with Crippen LogP contribution in [-0.4, -0.2) is 24.1 Å². The van der Waals surface area contributed by atoms with Gasteiger partial charge < -0.3 is 9.47 Å². The van der Waals surface area contributed by atoms with Crippen molar-refractivity contribution in [1.29, 1.82) is 0 Å². The summed E-state index contributed by atoms with van der Waals surface area (Å²) < 4.78 is 10.9. The van der Waals surface area contributed by atoms with Gasteiger partial charge in [0.05, 0.1) is 13.0 Å². The molecule has 0 atom stereocenters. The van der Waals surface area contributed by atoms with Crippen molar-refractivity contribution in [2.24, 2.45) is 5.41 Å². The highest BCUT2D eigenvalue weighted by Gasteiger charge is 2.47. The Kier molecular flexibility index (Phi) is 7.36. The molecule has 0 aliphatic carbocycles. The van der Waals surface area contributed by atoms with Crippen LogP contribution < -0.4 is 0 Å². The van der Waals surface area contributed by atoms with E-state index in [1.54, 1.807) is 34.6 Å². The first kappa shape index (κ1) is 23.9. The zero-order valence-electron chi connectivity index (χ0n) is 18.9. The molecule has 0 saturated heterocycles. The van der Waals surface area contributed by atoms with Gasteiger partial charge in [-0.25, -0.2) is 0 Å². The second kappa shape index (κ2) is 9.22. The molecule has 0 unspecified atom stereocenters. The number of benzene rings is 2. The van der Waals surface area contributed by atoms with E-state index in [0.717, 1.165) is 27.8 Å². The molecule has 5 heteroatoms. The second-order valence-corrected chi connectivity index (χ2v) is 9.04. The molecule has 2 aromatic carbocycles. The average Bonchev–Trinajstić information content (AvgIpc) is 2.64. The largest absolute Gasteiger partial charge is 0.465 e. The molecule has 0 amide bonds. The number of halogens is 1. The van der Waals surface area contributed by atoms with Gasteiger partial charge in [-0.3, -0.25) is 9.59 Å². The van der Waals surface area contributed by atoms with Crippen LogP contribution in [0.25, 0.3) is 11.1 Å². The molecule has 0 aliphatic rings. The topological polar surface area (TPSA) is 52.6 Å². The van der Waals surface area contributed by atoms with E-state index in [1.165, 1.54) is 0 Å². The lowest BCUT2D eigenvalue weighted by molar-refractivity contribution is -0.182. The highest BCUT2D eigenvalue weighted by Crippen LogP contribution is 2.36. The first-order valence-corrected chi connectivity index (χ1v) is 10.5. The van der Waals surface area contributed by atoms with Crippen LogP contribution in [0.4, 0.5) is 0 Å². The fourth-order valence-electron chi connectivity index (χ4n) is 3.23. The third kappa shape index (κ3) is 5.23.